The van der Waals surface area contributed by atoms with E-state index in [-0.39, 0.29) is 17.9 Å². The zero-order valence-corrected chi connectivity index (χ0v) is 14.2. The summed E-state index contributed by atoms with van der Waals surface area (Å²) in [7, 11) is 0. The molecular formula is C19H25N3O2. The zero-order chi connectivity index (χ0) is 16.7. The molecule has 1 aromatic carbocycles. The average Bonchev–Trinajstić information content (AvgIpc) is 2.92. The first-order valence-electron chi connectivity index (χ1n) is 9.07. The number of rotatable bonds is 2. The van der Waals surface area contributed by atoms with E-state index in [1.165, 1.54) is 5.56 Å². The van der Waals surface area contributed by atoms with Crippen molar-refractivity contribution in [2.24, 2.45) is 5.92 Å². The Labute approximate surface area is 142 Å². The van der Waals surface area contributed by atoms with Crippen LogP contribution >= 0.6 is 0 Å². The Morgan fingerprint density at radius 2 is 2.04 bits per heavy atom. The molecule has 2 N–H and O–H groups in total. The number of amides is 2. The van der Waals surface area contributed by atoms with Crippen molar-refractivity contribution in [2.75, 3.05) is 19.6 Å². The van der Waals surface area contributed by atoms with Gasteiger partial charge in [0.2, 0.25) is 5.91 Å². The number of piperidine rings is 2. The highest BCUT2D eigenvalue weighted by Gasteiger charge is 2.37. The summed E-state index contributed by atoms with van der Waals surface area (Å²) in [5.41, 5.74) is 3.20. The lowest BCUT2D eigenvalue weighted by atomic mass is 9.81. The third kappa shape index (κ3) is 2.61. The number of nitrogens with one attached hydrogen (secondary N) is 2. The molecule has 4 rings (SSSR count). The van der Waals surface area contributed by atoms with Gasteiger partial charge in [0.05, 0.1) is 0 Å². The number of fused-ring (bicyclic) bond motifs is 1. The summed E-state index contributed by atoms with van der Waals surface area (Å²) in [5, 5.41) is 6.33. The van der Waals surface area contributed by atoms with Gasteiger partial charge in [-0.05, 0) is 61.4 Å². The highest BCUT2D eigenvalue weighted by Crippen LogP contribution is 2.34. The van der Waals surface area contributed by atoms with Crippen LogP contribution in [0.1, 0.15) is 53.6 Å². The molecule has 3 aliphatic rings. The predicted octanol–water partition coefficient (Wildman–Crippen LogP) is 1.63. The molecule has 0 radical (unpaired) electrons. The lowest BCUT2D eigenvalue weighted by Gasteiger charge is -2.30. The fourth-order valence-electron chi connectivity index (χ4n) is 4.41. The average molecular weight is 327 g/mol. The molecule has 3 aliphatic heterocycles. The number of nitrogens with zero attached hydrogens (tertiary/aromatic N) is 1. The minimum absolute atomic E-state index is 0.00499. The van der Waals surface area contributed by atoms with E-state index in [1.54, 1.807) is 4.90 Å². The Morgan fingerprint density at radius 3 is 2.83 bits per heavy atom. The van der Waals surface area contributed by atoms with Crippen molar-refractivity contribution >= 4 is 11.8 Å². The summed E-state index contributed by atoms with van der Waals surface area (Å²) in [6.45, 7) is 5.68. The molecule has 128 valence electrons. The van der Waals surface area contributed by atoms with Crippen molar-refractivity contribution in [2.45, 2.75) is 44.7 Å². The van der Waals surface area contributed by atoms with Gasteiger partial charge >= 0.3 is 0 Å². The number of benzene rings is 1. The van der Waals surface area contributed by atoms with Crippen molar-refractivity contribution in [3.8, 4) is 0 Å². The van der Waals surface area contributed by atoms with Crippen molar-refractivity contribution in [1.82, 2.24) is 15.5 Å². The first-order chi connectivity index (χ1) is 11.6. The Hall–Kier alpha value is -1.88. The molecule has 3 unspecified atom stereocenters. The highest BCUT2D eigenvalue weighted by atomic mass is 16.2. The first-order valence-corrected chi connectivity index (χ1v) is 9.07. The van der Waals surface area contributed by atoms with E-state index in [0.29, 0.717) is 18.4 Å². The molecule has 0 spiro atoms. The van der Waals surface area contributed by atoms with E-state index in [2.05, 4.69) is 29.7 Å². The van der Waals surface area contributed by atoms with Gasteiger partial charge in [0, 0.05) is 18.7 Å². The largest absolute Gasteiger partial charge is 0.354 e. The molecule has 3 atom stereocenters. The van der Waals surface area contributed by atoms with Crippen LogP contribution in [0.3, 0.4) is 0 Å². The minimum atomic E-state index is -0.306. The third-order valence-electron chi connectivity index (χ3n) is 5.81. The second kappa shape index (κ2) is 6.20. The quantitative estimate of drug-likeness (QED) is 0.868. The fourth-order valence-corrected chi connectivity index (χ4v) is 4.41. The van der Waals surface area contributed by atoms with E-state index in [0.717, 1.165) is 50.0 Å². The van der Waals surface area contributed by atoms with Crippen LogP contribution in [0.4, 0.5) is 0 Å². The molecule has 5 nitrogen and oxygen atoms in total. The summed E-state index contributed by atoms with van der Waals surface area (Å²) >= 11 is 0. The predicted molar refractivity (Wildman–Crippen MR) is 91.7 cm³/mol. The van der Waals surface area contributed by atoms with Crippen LogP contribution in [0.25, 0.3) is 0 Å². The molecule has 0 aromatic heterocycles. The molecule has 5 heteroatoms. The molecule has 1 aromatic rings. The van der Waals surface area contributed by atoms with Gasteiger partial charge < -0.3 is 15.5 Å². The van der Waals surface area contributed by atoms with Crippen LogP contribution in [-0.4, -0.2) is 42.4 Å². The molecule has 3 heterocycles. The molecule has 0 saturated carbocycles. The summed E-state index contributed by atoms with van der Waals surface area (Å²) in [5.74, 6) is 1.17. The van der Waals surface area contributed by atoms with E-state index in [4.69, 9.17) is 0 Å². The van der Waals surface area contributed by atoms with Gasteiger partial charge in [0.25, 0.3) is 5.91 Å². The smallest absolute Gasteiger partial charge is 0.255 e. The van der Waals surface area contributed by atoms with Gasteiger partial charge in [0.15, 0.2) is 0 Å². The van der Waals surface area contributed by atoms with Crippen molar-refractivity contribution in [3.63, 3.8) is 0 Å². The molecule has 2 amide bonds. The molecule has 0 bridgehead atoms. The summed E-state index contributed by atoms with van der Waals surface area (Å²) < 4.78 is 0. The Kier molecular flexibility index (Phi) is 4.04. The molecular weight excluding hydrogens is 302 g/mol. The van der Waals surface area contributed by atoms with Gasteiger partial charge in [-0.1, -0.05) is 19.1 Å². The van der Waals surface area contributed by atoms with Gasteiger partial charge in [-0.2, -0.15) is 0 Å². The SMILES string of the molecule is CC1CNCCC1c1ccc2c(c1)CN(C1CCCNC1=O)C2=O. The monoisotopic (exact) mass is 327 g/mol. The van der Waals surface area contributed by atoms with E-state index >= 15 is 0 Å². The van der Waals surface area contributed by atoms with E-state index < -0.39 is 0 Å². The summed E-state index contributed by atoms with van der Waals surface area (Å²) in [6.07, 6.45) is 2.85. The fraction of sp³-hybridized carbons (Fsp3) is 0.579. The molecule has 2 fully saturated rings. The van der Waals surface area contributed by atoms with Crippen molar-refractivity contribution in [1.29, 1.82) is 0 Å². The molecule has 2 saturated heterocycles. The maximum atomic E-state index is 12.7. The highest BCUT2D eigenvalue weighted by molar-refractivity contribution is 6.01. The third-order valence-corrected chi connectivity index (χ3v) is 5.81. The van der Waals surface area contributed by atoms with Crippen LogP contribution in [-0.2, 0) is 11.3 Å². The van der Waals surface area contributed by atoms with Crippen molar-refractivity contribution < 1.29 is 9.59 Å². The summed E-state index contributed by atoms with van der Waals surface area (Å²) in [6, 6.07) is 6.00. The number of carbonyl (C=O) groups is 2. The number of hydrogen-bond donors (Lipinski definition) is 2. The van der Waals surface area contributed by atoms with Gasteiger partial charge in [0.1, 0.15) is 6.04 Å². The number of carbonyl (C=O) groups excluding carboxylic acids is 2. The second-order valence-corrected chi connectivity index (χ2v) is 7.38. The maximum Gasteiger partial charge on any atom is 0.255 e. The second-order valence-electron chi connectivity index (χ2n) is 7.38. The molecule has 24 heavy (non-hydrogen) atoms. The van der Waals surface area contributed by atoms with Crippen LogP contribution < -0.4 is 10.6 Å². The van der Waals surface area contributed by atoms with Gasteiger partial charge in [-0.3, -0.25) is 9.59 Å². The van der Waals surface area contributed by atoms with Gasteiger partial charge in [-0.15, -0.1) is 0 Å². The first kappa shape index (κ1) is 15.6. The van der Waals surface area contributed by atoms with Crippen LogP contribution in [0.2, 0.25) is 0 Å². The van der Waals surface area contributed by atoms with Crippen molar-refractivity contribution in [3.05, 3.63) is 34.9 Å². The van der Waals surface area contributed by atoms with E-state index in [1.807, 2.05) is 6.07 Å². The lowest BCUT2D eigenvalue weighted by molar-refractivity contribution is -0.127. The standard InChI is InChI=1S/C19H25N3O2/c1-12-10-20-8-6-15(12)13-4-5-16-14(9-13)11-22(19(16)24)17-3-2-7-21-18(17)23/h4-5,9,12,15,17,20H,2-3,6-8,10-11H2,1H3,(H,21,23). The number of hydrogen-bond acceptors (Lipinski definition) is 3. The maximum absolute atomic E-state index is 12.7. The minimum Gasteiger partial charge on any atom is -0.354 e. The van der Waals surface area contributed by atoms with E-state index in [9.17, 15) is 9.59 Å². The Balaban J connectivity index is 1.58. The zero-order valence-electron chi connectivity index (χ0n) is 14.2. The Morgan fingerprint density at radius 1 is 1.17 bits per heavy atom. The Bertz CT molecular complexity index is 673. The van der Waals surface area contributed by atoms with Crippen LogP contribution in [0.15, 0.2) is 18.2 Å². The molecule has 0 aliphatic carbocycles. The van der Waals surface area contributed by atoms with Crippen LogP contribution in [0, 0.1) is 5.92 Å². The lowest BCUT2D eigenvalue weighted by Crippen LogP contribution is -2.50. The normalized spacial score (nSPS) is 30.2. The van der Waals surface area contributed by atoms with Gasteiger partial charge in [-0.25, -0.2) is 0 Å². The topological polar surface area (TPSA) is 61.4 Å². The summed E-state index contributed by atoms with van der Waals surface area (Å²) in [4.78, 5) is 26.6. The van der Waals surface area contributed by atoms with Crippen LogP contribution in [0.5, 0.6) is 0 Å².